The molecule has 1 aliphatic heterocycles. The zero-order valence-corrected chi connectivity index (χ0v) is 7.43. The van der Waals surface area contributed by atoms with E-state index in [4.69, 9.17) is 9.84 Å². The minimum absolute atomic E-state index is 0.0918. The minimum Gasteiger partial charge on any atom is -0.480 e. The molecule has 5 nitrogen and oxygen atoms in total. The molecule has 0 bridgehead atoms. The maximum absolute atomic E-state index is 10.2. The summed E-state index contributed by atoms with van der Waals surface area (Å²) in [5.74, 6) is -0.943. The molecule has 1 atom stereocenters. The summed E-state index contributed by atoms with van der Waals surface area (Å²) in [6.07, 6.45) is 2.30. The number of ether oxygens (including phenoxy) is 1. The maximum atomic E-state index is 10.2. The van der Waals surface area contributed by atoms with Gasteiger partial charge in [-0.25, -0.2) is 4.79 Å². The summed E-state index contributed by atoms with van der Waals surface area (Å²) in [6, 6.07) is 0. The Kier molecular flexibility index (Phi) is 3.57. The Balaban J connectivity index is 2.17. The Hall–Kier alpha value is -1.23. The lowest BCUT2D eigenvalue weighted by atomic mass is 10.1. The Morgan fingerprint density at radius 3 is 3.15 bits per heavy atom. The summed E-state index contributed by atoms with van der Waals surface area (Å²) in [5.41, 5.74) is 1.08. The number of carboxylic acids is 1. The molecule has 72 valence electrons. The van der Waals surface area contributed by atoms with Crippen LogP contribution in [0.2, 0.25) is 0 Å². The number of nitrogens with zero attached hydrogens (tertiary/aromatic N) is 2. The number of aliphatic carboxylic acids is 1. The van der Waals surface area contributed by atoms with Gasteiger partial charge in [0.05, 0.1) is 18.8 Å². The normalized spacial score (nSPS) is 17.2. The summed E-state index contributed by atoms with van der Waals surface area (Å²) in [6.45, 7) is 2.20. The third-order valence-corrected chi connectivity index (χ3v) is 1.64. The van der Waals surface area contributed by atoms with Crippen LogP contribution in [0.15, 0.2) is 22.0 Å². The van der Waals surface area contributed by atoms with E-state index < -0.39 is 5.97 Å². The topological polar surface area (TPSA) is 71.2 Å². The lowest BCUT2D eigenvalue weighted by Crippen LogP contribution is -2.15. The van der Waals surface area contributed by atoms with Crippen LogP contribution in [-0.4, -0.2) is 30.3 Å². The smallest absolute Gasteiger partial charge is 0.329 e. The van der Waals surface area contributed by atoms with Crippen molar-refractivity contribution in [1.29, 1.82) is 0 Å². The van der Waals surface area contributed by atoms with Crippen molar-refractivity contribution < 1.29 is 14.6 Å². The third kappa shape index (κ3) is 3.80. The number of hydrogen-bond acceptors (Lipinski definition) is 4. The maximum Gasteiger partial charge on any atom is 0.329 e. The molecule has 13 heavy (non-hydrogen) atoms. The van der Waals surface area contributed by atoms with E-state index in [1.807, 2.05) is 6.92 Å². The van der Waals surface area contributed by atoms with Gasteiger partial charge in [0.15, 0.2) is 0 Å². The second-order valence-corrected chi connectivity index (χ2v) is 2.92. The predicted octanol–water partition coefficient (Wildman–Crippen LogP) is 1.22. The van der Waals surface area contributed by atoms with E-state index >= 15 is 0 Å². The van der Waals surface area contributed by atoms with Crippen molar-refractivity contribution >= 4 is 5.97 Å². The lowest BCUT2D eigenvalue weighted by Gasteiger charge is -2.10. The fourth-order valence-electron chi connectivity index (χ4n) is 1.05. The fourth-order valence-corrected chi connectivity index (χ4v) is 1.05. The quantitative estimate of drug-likeness (QED) is 0.698. The van der Waals surface area contributed by atoms with Crippen LogP contribution < -0.4 is 0 Å². The molecule has 0 aliphatic carbocycles. The van der Waals surface area contributed by atoms with Crippen molar-refractivity contribution in [3.8, 4) is 0 Å². The van der Waals surface area contributed by atoms with Gasteiger partial charge in [-0.3, -0.25) is 0 Å². The molecule has 1 rings (SSSR count). The summed E-state index contributed by atoms with van der Waals surface area (Å²) < 4.78 is 5.04. The average Bonchev–Trinajstić information content (AvgIpc) is 2.53. The molecule has 0 radical (unpaired) electrons. The SMILES string of the molecule is CC(CC1=CN=NC1)OCC(=O)O. The monoisotopic (exact) mass is 184 g/mol. The number of carboxylic acid groups (broad SMARTS) is 1. The molecule has 1 aliphatic rings. The number of rotatable bonds is 5. The largest absolute Gasteiger partial charge is 0.480 e. The Morgan fingerprint density at radius 1 is 1.85 bits per heavy atom. The van der Waals surface area contributed by atoms with Gasteiger partial charge in [-0.2, -0.15) is 10.2 Å². The van der Waals surface area contributed by atoms with Gasteiger partial charge in [0.25, 0.3) is 0 Å². The minimum atomic E-state index is -0.943. The van der Waals surface area contributed by atoms with E-state index in [0.29, 0.717) is 13.0 Å². The Bertz CT molecular complexity index is 248. The van der Waals surface area contributed by atoms with Crippen LogP contribution in [0.1, 0.15) is 13.3 Å². The van der Waals surface area contributed by atoms with Crippen molar-refractivity contribution in [2.24, 2.45) is 10.2 Å². The average molecular weight is 184 g/mol. The van der Waals surface area contributed by atoms with Crippen molar-refractivity contribution in [3.63, 3.8) is 0 Å². The van der Waals surface area contributed by atoms with Gasteiger partial charge in [0, 0.05) is 0 Å². The molecule has 0 spiro atoms. The van der Waals surface area contributed by atoms with Crippen molar-refractivity contribution in [2.45, 2.75) is 19.4 Å². The molecular formula is C8H12N2O3. The molecule has 0 aromatic carbocycles. The van der Waals surface area contributed by atoms with E-state index in [1.54, 1.807) is 6.20 Å². The number of carbonyl (C=O) groups is 1. The first-order valence-corrected chi connectivity index (χ1v) is 4.06. The predicted molar refractivity (Wildman–Crippen MR) is 45.5 cm³/mol. The van der Waals surface area contributed by atoms with Crippen LogP contribution in [0.4, 0.5) is 0 Å². The van der Waals surface area contributed by atoms with Gasteiger partial charge < -0.3 is 9.84 Å². The zero-order valence-electron chi connectivity index (χ0n) is 7.43. The highest BCUT2D eigenvalue weighted by molar-refractivity contribution is 5.68. The number of hydrogen-bond donors (Lipinski definition) is 1. The first-order valence-electron chi connectivity index (χ1n) is 4.06. The van der Waals surface area contributed by atoms with E-state index in [-0.39, 0.29) is 12.7 Å². The molecule has 1 heterocycles. The van der Waals surface area contributed by atoms with Crippen molar-refractivity contribution in [3.05, 3.63) is 11.8 Å². The third-order valence-electron chi connectivity index (χ3n) is 1.64. The Labute approximate surface area is 76.1 Å². The van der Waals surface area contributed by atoms with Gasteiger partial charge in [-0.15, -0.1) is 0 Å². The van der Waals surface area contributed by atoms with Crippen LogP contribution >= 0.6 is 0 Å². The molecule has 0 amide bonds. The molecule has 0 aromatic rings. The molecule has 0 saturated heterocycles. The highest BCUT2D eigenvalue weighted by Gasteiger charge is 2.09. The first-order chi connectivity index (χ1) is 6.18. The summed E-state index contributed by atoms with van der Waals surface area (Å²) in [5, 5.41) is 15.8. The van der Waals surface area contributed by atoms with Gasteiger partial charge in [0.1, 0.15) is 6.61 Å². The molecule has 5 heteroatoms. The highest BCUT2D eigenvalue weighted by atomic mass is 16.5. The number of azo groups is 1. The highest BCUT2D eigenvalue weighted by Crippen LogP contribution is 2.13. The summed E-state index contributed by atoms with van der Waals surface area (Å²) >= 11 is 0. The van der Waals surface area contributed by atoms with Crippen molar-refractivity contribution in [1.82, 2.24) is 0 Å². The van der Waals surface area contributed by atoms with Gasteiger partial charge >= 0.3 is 5.97 Å². The van der Waals surface area contributed by atoms with E-state index in [0.717, 1.165) is 5.57 Å². The summed E-state index contributed by atoms with van der Waals surface area (Å²) in [7, 11) is 0. The van der Waals surface area contributed by atoms with Gasteiger partial charge in [-0.05, 0) is 18.9 Å². The van der Waals surface area contributed by atoms with Crippen LogP contribution in [0.5, 0.6) is 0 Å². The standard InChI is InChI=1S/C8H12N2O3/c1-6(13-5-8(11)12)2-7-3-9-10-4-7/h3,6H,2,4-5H2,1H3,(H,11,12). The van der Waals surface area contributed by atoms with Crippen LogP contribution in [0.3, 0.4) is 0 Å². The van der Waals surface area contributed by atoms with Gasteiger partial charge in [0.2, 0.25) is 0 Å². The zero-order chi connectivity index (χ0) is 9.68. The van der Waals surface area contributed by atoms with Gasteiger partial charge in [-0.1, -0.05) is 0 Å². The Morgan fingerprint density at radius 2 is 2.62 bits per heavy atom. The van der Waals surface area contributed by atoms with Crippen LogP contribution in [0.25, 0.3) is 0 Å². The molecule has 0 saturated carbocycles. The molecule has 0 fully saturated rings. The lowest BCUT2D eigenvalue weighted by molar-refractivity contribution is -0.144. The molecule has 1 unspecified atom stereocenters. The van der Waals surface area contributed by atoms with E-state index in [9.17, 15) is 4.79 Å². The first kappa shape index (κ1) is 9.85. The fraction of sp³-hybridized carbons (Fsp3) is 0.625. The second kappa shape index (κ2) is 4.71. The van der Waals surface area contributed by atoms with E-state index in [1.165, 1.54) is 0 Å². The van der Waals surface area contributed by atoms with Crippen molar-refractivity contribution in [2.75, 3.05) is 13.2 Å². The second-order valence-electron chi connectivity index (χ2n) is 2.92. The van der Waals surface area contributed by atoms with Crippen LogP contribution in [0, 0.1) is 0 Å². The van der Waals surface area contributed by atoms with Crippen LogP contribution in [-0.2, 0) is 9.53 Å². The molecular weight excluding hydrogens is 172 g/mol. The van der Waals surface area contributed by atoms with E-state index in [2.05, 4.69) is 10.2 Å². The summed E-state index contributed by atoms with van der Waals surface area (Å²) in [4.78, 5) is 10.2. The molecule has 1 N–H and O–H groups in total. The molecule has 0 aromatic heterocycles.